The second-order valence-electron chi connectivity index (χ2n) is 6.51. The summed E-state index contributed by atoms with van der Waals surface area (Å²) in [4.78, 5) is 12.1. The van der Waals surface area contributed by atoms with Crippen molar-refractivity contribution in [2.45, 2.75) is 32.8 Å². The predicted molar refractivity (Wildman–Crippen MR) is 101 cm³/mol. The summed E-state index contributed by atoms with van der Waals surface area (Å²) in [7, 11) is 0. The van der Waals surface area contributed by atoms with Crippen molar-refractivity contribution in [3.8, 4) is 11.5 Å². The summed E-state index contributed by atoms with van der Waals surface area (Å²) >= 11 is 0. The van der Waals surface area contributed by atoms with E-state index < -0.39 is 0 Å². The third-order valence-electron chi connectivity index (χ3n) is 4.51. The van der Waals surface area contributed by atoms with Crippen LogP contribution in [0.4, 0.5) is 5.69 Å². The van der Waals surface area contributed by atoms with Gasteiger partial charge < -0.3 is 19.5 Å². The van der Waals surface area contributed by atoms with Crippen molar-refractivity contribution in [2.75, 3.05) is 25.1 Å². The third-order valence-corrected chi connectivity index (χ3v) is 4.51. The average Bonchev–Trinajstić information content (AvgIpc) is 3.16. The summed E-state index contributed by atoms with van der Waals surface area (Å²) < 4.78 is 16.9. The minimum Gasteiger partial charge on any atom is -0.491 e. The molecule has 3 rings (SSSR count). The second-order valence-corrected chi connectivity index (χ2v) is 6.51. The van der Waals surface area contributed by atoms with Crippen LogP contribution >= 0.6 is 0 Å². The maximum atomic E-state index is 12.1. The van der Waals surface area contributed by atoms with E-state index in [2.05, 4.69) is 5.32 Å². The summed E-state index contributed by atoms with van der Waals surface area (Å²) in [6.45, 7) is 5.36. The van der Waals surface area contributed by atoms with Crippen LogP contribution < -0.4 is 14.8 Å². The number of nitrogens with one attached hydrogen (secondary N) is 1. The van der Waals surface area contributed by atoms with E-state index in [4.69, 9.17) is 14.2 Å². The second kappa shape index (κ2) is 8.72. The molecule has 1 unspecified atom stereocenters. The number of carbonyl (C=O) groups is 1. The zero-order valence-corrected chi connectivity index (χ0v) is 15.3. The number of hydrogen-bond acceptors (Lipinski definition) is 4. The highest BCUT2D eigenvalue weighted by molar-refractivity contribution is 5.91. The maximum absolute atomic E-state index is 12.1. The van der Waals surface area contributed by atoms with Crippen LogP contribution in [0.1, 0.15) is 24.0 Å². The van der Waals surface area contributed by atoms with Crippen molar-refractivity contribution in [3.63, 3.8) is 0 Å². The monoisotopic (exact) mass is 355 g/mol. The Balaban J connectivity index is 1.45. The van der Waals surface area contributed by atoms with E-state index in [0.29, 0.717) is 12.3 Å². The topological polar surface area (TPSA) is 56.8 Å². The first kappa shape index (κ1) is 18.3. The first-order valence-electron chi connectivity index (χ1n) is 8.95. The van der Waals surface area contributed by atoms with E-state index in [1.807, 2.05) is 56.3 Å². The van der Waals surface area contributed by atoms with E-state index in [-0.39, 0.29) is 18.6 Å². The SMILES string of the molecule is Cc1cccc(OCC(=O)Nc2ccc(OCC3CCCO3)cc2)c1C. The van der Waals surface area contributed by atoms with Crippen LogP contribution in [-0.4, -0.2) is 31.8 Å². The normalized spacial score (nSPS) is 16.3. The molecule has 2 aromatic rings. The van der Waals surface area contributed by atoms with Crippen molar-refractivity contribution < 1.29 is 19.0 Å². The van der Waals surface area contributed by atoms with E-state index in [1.54, 1.807) is 0 Å². The Labute approximate surface area is 154 Å². The van der Waals surface area contributed by atoms with Gasteiger partial charge in [0, 0.05) is 12.3 Å². The third kappa shape index (κ3) is 4.99. The zero-order chi connectivity index (χ0) is 18.4. The molecule has 2 aromatic carbocycles. The molecule has 138 valence electrons. The molecule has 0 aromatic heterocycles. The highest BCUT2D eigenvalue weighted by atomic mass is 16.5. The van der Waals surface area contributed by atoms with Crippen molar-refractivity contribution in [3.05, 3.63) is 53.6 Å². The molecule has 1 aliphatic rings. The van der Waals surface area contributed by atoms with Crippen LogP contribution in [0.15, 0.2) is 42.5 Å². The number of aryl methyl sites for hydroxylation is 1. The van der Waals surface area contributed by atoms with Crippen LogP contribution in [0.3, 0.4) is 0 Å². The largest absolute Gasteiger partial charge is 0.491 e. The predicted octanol–water partition coefficient (Wildman–Crippen LogP) is 3.88. The van der Waals surface area contributed by atoms with Gasteiger partial charge in [-0.2, -0.15) is 0 Å². The average molecular weight is 355 g/mol. The van der Waals surface area contributed by atoms with Crippen LogP contribution in [0.5, 0.6) is 11.5 Å². The minimum absolute atomic E-state index is 0.0262. The number of amides is 1. The lowest BCUT2D eigenvalue weighted by molar-refractivity contribution is -0.118. The fourth-order valence-electron chi connectivity index (χ4n) is 2.82. The summed E-state index contributed by atoms with van der Waals surface area (Å²) in [5, 5.41) is 2.83. The van der Waals surface area contributed by atoms with Crippen LogP contribution in [-0.2, 0) is 9.53 Å². The van der Waals surface area contributed by atoms with Crippen molar-refractivity contribution in [1.29, 1.82) is 0 Å². The first-order valence-corrected chi connectivity index (χ1v) is 8.95. The standard InChI is InChI=1S/C21H25NO4/c1-15-5-3-7-20(16(15)2)26-14-21(23)22-17-8-10-18(11-9-17)25-13-19-6-4-12-24-19/h3,5,7-11,19H,4,6,12-14H2,1-2H3,(H,22,23). The van der Waals surface area contributed by atoms with Crippen molar-refractivity contribution in [2.24, 2.45) is 0 Å². The van der Waals surface area contributed by atoms with Gasteiger partial charge in [-0.15, -0.1) is 0 Å². The van der Waals surface area contributed by atoms with Gasteiger partial charge in [0.1, 0.15) is 18.1 Å². The van der Waals surface area contributed by atoms with E-state index >= 15 is 0 Å². The smallest absolute Gasteiger partial charge is 0.262 e. The van der Waals surface area contributed by atoms with Gasteiger partial charge >= 0.3 is 0 Å². The molecule has 0 aliphatic carbocycles. The van der Waals surface area contributed by atoms with E-state index in [9.17, 15) is 4.79 Å². The molecule has 1 heterocycles. The molecule has 0 saturated carbocycles. The molecule has 1 aliphatic heterocycles. The van der Waals surface area contributed by atoms with E-state index in [1.165, 1.54) is 0 Å². The van der Waals surface area contributed by atoms with Gasteiger partial charge in [0.2, 0.25) is 0 Å². The Bertz CT molecular complexity index is 736. The van der Waals surface area contributed by atoms with Crippen molar-refractivity contribution >= 4 is 11.6 Å². The lowest BCUT2D eigenvalue weighted by atomic mass is 10.1. The number of ether oxygens (including phenoxy) is 3. The first-order chi connectivity index (χ1) is 12.6. The highest BCUT2D eigenvalue weighted by Crippen LogP contribution is 2.21. The summed E-state index contributed by atoms with van der Waals surface area (Å²) in [5.41, 5.74) is 2.90. The molecule has 5 heteroatoms. The fraction of sp³-hybridized carbons (Fsp3) is 0.381. The molecular weight excluding hydrogens is 330 g/mol. The molecule has 26 heavy (non-hydrogen) atoms. The molecule has 5 nitrogen and oxygen atoms in total. The number of rotatable bonds is 7. The van der Waals surface area contributed by atoms with Gasteiger partial charge in [-0.05, 0) is 68.1 Å². The van der Waals surface area contributed by atoms with Crippen LogP contribution in [0.2, 0.25) is 0 Å². The molecule has 1 saturated heterocycles. The molecule has 1 atom stereocenters. The van der Waals surface area contributed by atoms with Gasteiger partial charge in [0.05, 0.1) is 6.10 Å². The Morgan fingerprint density at radius 3 is 2.69 bits per heavy atom. The quantitative estimate of drug-likeness (QED) is 0.819. The van der Waals surface area contributed by atoms with Gasteiger partial charge in [0.15, 0.2) is 6.61 Å². The summed E-state index contributed by atoms with van der Waals surface area (Å²) in [6.07, 6.45) is 2.34. The number of carbonyl (C=O) groups excluding carboxylic acids is 1. The van der Waals surface area contributed by atoms with Gasteiger partial charge in [0.25, 0.3) is 5.91 Å². The minimum atomic E-state index is -0.195. The lowest BCUT2D eigenvalue weighted by Crippen LogP contribution is -2.20. The summed E-state index contributed by atoms with van der Waals surface area (Å²) in [5.74, 6) is 1.31. The molecule has 1 N–H and O–H groups in total. The lowest BCUT2D eigenvalue weighted by Gasteiger charge is -2.13. The molecular formula is C21H25NO4. The Kier molecular flexibility index (Phi) is 6.12. The van der Waals surface area contributed by atoms with Crippen LogP contribution in [0.25, 0.3) is 0 Å². The van der Waals surface area contributed by atoms with Gasteiger partial charge in [-0.25, -0.2) is 0 Å². The number of hydrogen-bond donors (Lipinski definition) is 1. The Morgan fingerprint density at radius 2 is 1.96 bits per heavy atom. The van der Waals surface area contributed by atoms with Crippen molar-refractivity contribution in [1.82, 2.24) is 0 Å². The molecule has 0 radical (unpaired) electrons. The zero-order valence-electron chi connectivity index (χ0n) is 15.3. The Hall–Kier alpha value is -2.53. The fourth-order valence-corrected chi connectivity index (χ4v) is 2.82. The highest BCUT2D eigenvalue weighted by Gasteiger charge is 2.16. The summed E-state index contributed by atoms with van der Waals surface area (Å²) in [6, 6.07) is 13.1. The Morgan fingerprint density at radius 1 is 1.15 bits per heavy atom. The van der Waals surface area contributed by atoms with Crippen LogP contribution in [0, 0.1) is 13.8 Å². The number of benzene rings is 2. The molecule has 1 amide bonds. The maximum Gasteiger partial charge on any atom is 0.262 e. The molecule has 0 spiro atoms. The molecule has 0 bridgehead atoms. The van der Waals surface area contributed by atoms with Gasteiger partial charge in [-0.1, -0.05) is 12.1 Å². The molecule has 1 fully saturated rings. The van der Waals surface area contributed by atoms with Gasteiger partial charge in [-0.3, -0.25) is 4.79 Å². The number of anilines is 1. The van der Waals surface area contributed by atoms with E-state index in [0.717, 1.165) is 42.1 Å².